The molecule has 0 aliphatic rings. The van der Waals surface area contributed by atoms with Crippen LogP contribution in [0.2, 0.25) is 30.1 Å². The van der Waals surface area contributed by atoms with E-state index < -0.39 is 36.2 Å². The molecule has 0 fully saturated rings. The summed E-state index contributed by atoms with van der Waals surface area (Å²) in [4.78, 5) is 48.8. The Bertz CT molecular complexity index is 3810. The summed E-state index contributed by atoms with van der Waals surface area (Å²) in [5, 5.41) is 31.9. The second-order valence-electron chi connectivity index (χ2n) is 18.0. The molecule has 87 heavy (non-hydrogen) atoms. The van der Waals surface area contributed by atoms with Crippen molar-refractivity contribution in [3.05, 3.63) is 247 Å². The second-order valence-corrected chi connectivity index (χ2v) is 20.7. The molecule has 21 heteroatoms. The minimum Gasteiger partial charge on any atom is -0.478 e. The number of rotatable bonds is 15. The summed E-state index contributed by atoms with van der Waals surface area (Å²) in [6.45, 7) is 0. The summed E-state index contributed by atoms with van der Waals surface area (Å²) in [5.74, 6) is -1.67. The van der Waals surface area contributed by atoms with Crippen molar-refractivity contribution in [1.29, 1.82) is 0 Å². The van der Waals surface area contributed by atoms with Crippen LogP contribution in [0.4, 0.5) is 0 Å². The molecule has 0 spiro atoms. The molecule has 0 radical (unpaired) electrons. The molecule has 3 heterocycles. The second kappa shape index (κ2) is 29.4. The normalized spacial score (nSPS) is 11.7. The Morgan fingerprint density at radius 2 is 0.563 bits per heavy atom. The van der Waals surface area contributed by atoms with E-state index in [4.69, 9.17) is 97.1 Å². The molecule has 12 rings (SSSR count). The molecule has 3 unspecified atom stereocenters. The number of hydrogen-bond donors (Lipinski definition) is 3. The van der Waals surface area contributed by atoms with Crippen molar-refractivity contribution in [2.24, 2.45) is 0 Å². The zero-order valence-electron chi connectivity index (χ0n) is 42.9. The molecule has 0 amide bonds. The van der Waals surface area contributed by atoms with Crippen LogP contribution in [0.25, 0.3) is 67.7 Å². The zero-order valence-corrected chi connectivity index (χ0v) is 47.4. The number of halogens is 6. The largest absolute Gasteiger partial charge is 0.478 e. The third-order valence-electron chi connectivity index (χ3n) is 12.3. The summed E-state index contributed by atoms with van der Waals surface area (Å²) in [5.41, 5.74) is 6.60. The van der Waals surface area contributed by atoms with Gasteiger partial charge in [0, 0.05) is 46.8 Å². The van der Waals surface area contributed by atoms with Crippen molar-refractivity contribution < 1.29 is 57.2 Å². The van der Waals surface area contributed by atoms with Crippen LogP contribution in [0.3, 0.4) is 0 Å². The molecule has 0 bridgehead atoms. The van der Waals surface area contributed by atoms with Crippen molar-refractivity contribution in [1.82, 2.24) is 15.0 Å². The van der Waals surface area contributed by atoms with Crippen LogP contribution in [-0.4, -0.2) is 48.2 Å². The average Bonchev–Trinajstić information content (AvgIpc) is 3.14. The molecule has 12 aromatic rings. The number of ether oxygens (including phenoxy) is 3. The van der Waals surface area contributed by atoms with Gasteiger partial charge in [-0.2, -0.15) is 0 Å². The fourth-order valence-electron chi connectivity index (χ4n) is 8.36. The molecule has 0 aliphatic carbocycles. The highest BCUT2D eigenvalue weighted by molar-refractivity contribution is 6.32. The lowest BCUT2D eigenvalue weighted by atomic mass is 10.1. The van der Waals surface area contributed by atoms with Crippen molar-refractivity contribution in [2.75, 3.05) is 0 Å². The van der Waals surface area contributed by atoms with Gasteiger partial charge in [0.1, 0.15) is 33.8 Å². The Morgan fingerprint density at radius 3 is 0.793 bits per heavy atom. The van der Waals surface area contributed by atoms with Crippen LogP contribution >= 0.6 is 69.6 Å². The summed E-state index contributed by atoms with van der Waals surface area (Å²) in [6.07, 6.45) is -3.70. The van der Waals surface area contributed by atoms with E-state index in [0.717, 1.165) is 0 Å². The maximum absolute atomic E-state index is 11.8. The van der Waals surface area contributed by atoms with Gasteiger partial charge < -0.3 is 42.8 Å². The fourth-order valence-corrected chi connectivity index (χ4v) is 9.25. The molecule has 0 aliphatic heterocycles. The van der Waals surface area contributed by atoms with E-state index in [0.29, 0.717) is 132 Å². The van der Waals surface area contributed by atoms with E-state index in [2.05, 4.69) is 15.0 Å². The van der Waals surface area contributed by atoms with Gasteiger partial charge in [-0.3, -0.25) is 0 Å². The number of oxazole rings is 3. The van der Waals surface area contributed by atoms with E-state index >= 15 is 0 Å². The van der Waals surface area contributed by atoms with Gasteiger partial charge in [-0.05, 0) is 127 Å². The molecule has 3 aromatic heterocycles. The van der Waals surface area contributed by atoms with E-state index in [-0.39, 0.29) is 22.3 Å². The van der Waals surface area contributed by atoms with Crippen molar-refractivity contribution in [2.45, 2.75) is 40.6 Å². The van der Waals surface area contributed by atoms with E-state index in [9.17, 15) is 29.7 Å². The standard InChI is InChI=1S/3C21H13Cl2NO4.3CH4/c3*22-13-7-5-12(6-8-13)19(21(25)26)27-17-10-9-14(23)11-15(17)20-24-16-3-1-2-4-18(16)28-20;;;/h3*1-11,19H,(H,25,26);3*1H4. The van der Waals surface area contributed by atoms with Gasteiger partial charge in [0.15, 0.2) is 16.7 Å². The van der Waals surface area contributed by atoms with Crippen LogP contribution in [0.1, 0.15) is 57.3 Å². The predicted octanol–water partition coefficient (Wildman–Crippen LogP) is 19.9. The number of carbonyl (C=O) groups is 3. The number of nitrogens with zero attached hydrogens (tertiary/aromatic N) is 3. The van der Waals surface area contributed by atoms with Crippen molar-refractivity contribution in [3.63, 3.8) is 0 Å². The quantitative estimate of drug-likeness (QED) is 0.0869. The lowest BCUT2D eigenvalue weighted by Crippen LogP contribution is -2.18. The molecule has 15 nitrogen and oxygen atoms in total. The topological polar surface area (TPSA) is 218 Å². The van der Waals surface area contributed by atoms with Gasteiger partial charge in [0.05, 0.1) is 16.7 Å². The lowest BCUT2D eigenvalue weighted by Gasteiger charge is -2.17. The summed E-state index contributed by atoms with van der Waals surface area (Å²) in [7, 11) is 0. The van der Waals surface area contributed by atoms with Crippen molar-refractivity contribution >= 4 is 121 Å². The van der Waals surface area contributed by atoms with Crippen molar-refractivity contribution in [3.8, 4) is 51.6 Å². The molecule has 0 saturated heterocycles. The number of hydrogen-bond acceptors (Lipinski definition) is 12. The first-order valence-corrected chi connectivity index (χ1v) is 27.2. The number of fused-ring (bicyclic) bond motifs is 3. The highest BCUT2D eigenvalue weighted by atomic mass is 35.5. The van der Waals surface area contributed by atoms with Gasteiger partial charge in [-0.15, -0.1) is 0 Å². The number of carboxylic acid groups (broad SMARTS) is 3. The minimum atomic E-state index is -1.23. The number of aromatic nitrogens is 3. The van der Waals surface area contributed by atoms with Crippen LogP contribution in [0, 0.1) is 0 Å². The number of para-hydroxylation sites is 6. The van der Waals surface area contributed by atoms with E-state index in [1.165, 1.54) is 0 Å². The predicted molar refractivity (Wildman–Crippen MR) is 341 cm³/mol. The fraction of sp³-hybridized carbons (Fsp3) is 0.0909. The van der Waals surface area contributed by atoms with Crippen LogP contribution in [-0.2, 0) is 14.4 Å². The zero-order chi connectivity index (χ0) is 59.0. The Hall–Kier alpha value is -9.06. The number of carboxylic acids is 3. The number of aliphatic carboxylic acids is 3. The molecule has 3 atom stereocenters. The maximum atomic E-state index is 11.8. The molecule has 444 valence electrons. The van der Waals surface area contributed by atoms with Gasteiger partial charge in [0.25, 0.3) is 0 Å². The third kappa shape index (κ3) is 15.9. The smallest absolute Gasteiger partial charge is 0.349 e. The first-order chi connectivity index (χ1) is 40.5. The third-order valence-corrected chi connectivity index (χ3v) is 13.8. The monoisotopic (exact) mass is 1290 g/mol. The maximum Gasteiger partial charge on any atom is 0.349 e. The Labute approximate surface area is 528 Å². The molecular formula is C66H51Cl6N3O12. The van der Waals surface area contributed by atoms with E-state index in [1.54, 1.807) is 146 Å². The SMILES string of the molecule is C.C.C.O=C(O)C(Oc1ccc(Cl)cc1-c1nc2ccccc2o1)c1ccc(Cl)cc1.O=C(O)C(Oc1ccc(Cl)cc1-c1nc2ccccc2o1)c1ccc(Cl)cc1.O=C(O)C(Oc1ccc(Cl)cc1-c1nc2ccccc2o1)c1ccc(Cl)cc1. The van der Waals surface area contributed by atoms with Gasteiger partial charge >= 0.3 is 17.9 Å². The Kier molecular flexibility index (Phi) is 22.1. The van der Waals surface area contributed by atoms with Gasteiger partial charge in [0.2, 0.25) is 36.0 Å². The highest BCUT2D eigenvalue weighted by Crippen LogP contribution is 2.40. The first kappa shape index (κ1) is 65.5. The molecule has 3 N–H and O–H groups in total. The summed E-state index contributed by atoms with van der Waals surface area (Å²) < 4.78 is 34.9. The lowest BCUT2D eigenvalue weighted by molar-refractivity contribution is -0.146. The van der Waals surface area contributed by atoms with Crippen LogP contribution in [0.5, 0.6) is 17.2 Å². The Morgan fingerprint density at radius 1 is 0.333 bits per heavy atom. The molecule has 0 saturated carbocycles. The minimum absolute atomic E-state index is 0. The summed E-state index contributed by atoms with van der Waals surface area (Å²) >= 11 is 36.1. The van der Waals surface area contributed by atoms with Gasteiger partial charge in [-0.25, -0.2) is 29.3 Å². The number of benzene rings is 9. The van der Waals surface area contributed by atoms with E-state index in [1.807, 2.05) is 54.6 Å². The molecular weight excluding hydrogens is 1240 g/mol. The van der Waals surface area contributed by atoms with Crippen LogP contribution in [0.15, 0.2) is 213 Å². The molecule has 9 aromatic carbocycles. The average molecular weight is 1290 g/mol. The highest BCUT2D eigenvalue weighted by Gasteiger charge is 2.28. The Balaban J connectivity index is 0.000000183. The van der Waals surface area contributed by atoms with Crippen LogP contribution < -0.4 is 14.2 Å². The summed E-state index contributed by atoms with van der Waals surface area (Å²) in [6, 6.07) is 55.8. The van der Waals surface area contributed by atoms with Gasteiger partial charge in [-0.1, -0.05) is 165 Å². The first-order valence-electron chi connectivity index (χ1n) is 24.9.